The Kier molecular flexibility index (Phi) is 3.74. The van der Waals surface area contributed by atoms with Crippen molar-refractivity contribution in [3.63, 3.8) is 0 Å². The summed E-state index contributed by atoms with van der Waals surface area (Å²) < 4.78 is 4.59. The van der Waals surface area contributed by atoms with Gasteiger partial charge in [0.05, 0.1) is 24.7 Å². The SMILES string of the molecule is COC(=O)CC(C)Nc1ccc2c(c1)C(=O)N(C)C2=O. The summed E-state index contributed by atoms with van der Waals surface area (Å²) in [5, 5.41) is 3.10. The van der Waals surface area contributed by atoms with Crippen molar-refractivity contribution in [2.45, 2.75) is 19.4 Å². The molecule has 0 spiro atoms. The molecule has 1 atom stereocenters. The summed E-state index contributed by atoms with van der Waals surface area (Å²) in [4.78, 5) is 35.9. The second-order valence-electron chi connectivity index (χ2n) is 4.76. The number of benzene rings is 1. The van der Waals surface area contributed by atoms with Crippen molar-refractivity contribution in [1.82, 2.24) is 4.90 Å². The third kappa shape index (κ3) is 2.49. The van der Waals surface area contributed by atoms with Crippen LogP contribution in [0.3, 0.4) is 0 Å². The number of rotatable bonds is 4. The van der Waals surface area contributed by atoms with Gasteiger partial charge in [-0.05, 0) is 25.1 Å². The maximum Gasteiger partial charge on any atom is 0.307 e. The van der Waals surface area contributed by atoms with Gasteiger partial charge in [0.1, 0.15) is 0 Å². The van der Waals surface area contributed by atoms with Crippen LogP contribution in [-0.4, -0.2) is 42.9 Å². The van der Waals surface area contributed by atoms with E-state index in [1.807, 2.05) is 6.92 Å². The minimum atomic E-state index is -0.311. The molecular weight excluding hydrogens is 260 g/mol. The van der Waals surface area contributed by atoms with Crippen LogP contribution < -0.4 is 5.32 Å². The van der Waals surface area contributed by atoms with Gasteiger partial charge in [0, 0.05) is 18.8 Å². The van der Waals surface area contributed by atoms with Crippen LogP contribution in [0.2, 0.25) is 0 Å². The zero-order chi connectivity index (χ0) is 14.9. The third-order valence-corrected chi connectivity index (χ3v) is 3.20. The lowest BCUT2D eigenvalue weighted by Crippen LogP contribution is -2.24. The van der Waals surface area contributed by atoms with Gasteiger partial charge in [-0.2, -0.15) is 0 Å². The third-order valence-electron chi connectivity index (χ3n) is 3.20. The first-order chi connectivity index (χ1) is 9.43. The summed E-state index contributed by atoms with van der Waals surface area (Å²) in [5.74, 6) is -0.912. The largest absolute Gasteiger partial charge is 0.469 e. The fourth-order valence-electron chi connectivity index (χ4n) is 2.12. The molecule has 20 heavy (non-hydrogen) atoms. The molecule has 0 aliphatic carbocycles. The van der Waals surface area contributed by atoms with E-state index in [9.17, 15) is 14.4 Å². The lowest BCUT2D eigenvalue weighted by Gasteiger charge is -2.14. The molecule has 1 N–H and O–H groups in total. The second kappa shape index (κ2) is 5.32. The Morgan fingerprint density at radius 3 is 2.60 bits per heavy atom. The molecule has 2 amide bonds. The van der Waals surface area contributed by atoms with Crippen LogP contribution in [0.15, 0.2) is 18.2 Å². The average Bonchev–Trinajstić information content (AvgIpc) is 2.63. The normalized spacial score (nSPS) is 15.1. The van der Waals surface area contributed by atoms with Crippen LogP contribution in [0.5, 0.6) is 0 Å². The first kappa shape index (κ1) is 14.0. The van der Waals surface area contributed by atoms with Gasteiger partial charge in [-0.15, -0.1) is 0 Å². The maximum atomic E-state index is 11.9. The van der Waals surface area contributed by atoms with Crippen molar-refractivity contribution in [3.05, 3.63) is 29.3 Å². The lowest BCUT2D eigenvalue weighted by atomic mass is 10.1. The number of ether oxygens (including phenoxy) is 1. The second-order valence-corrected chi connectivity index (χ2v) is 4.76. The molecule has 1 unspecified atom stereocenters. The number of fused-ring (bicyclic) bond motifs is 1. The quantitative estimate of drug-likeness (QED) is 0.662. The fraction of sp³-hybridized carbons (Fsp3) is 0.357. The molecule has 6 nitrogen and oxygen atoms in total. The number of imide groups is 1. The van der Waals surface area contributed by atoms with Gasteiger partial charge in [-0.25, -0.2) is 0 Å². The summed E-state index contributed by atoms with van der Waals surface area (Å²) in [6.45, 7) is 1.84. The Hall–Kier alpha value is -2.37. The molecule has 2 rings (SSSR count). The van der Waals surface area contributed by atoms with Gasteiger partial charge < -0.3 is 10.1 Å². The number of carbonyl (C=O) groups excluding carboxylic acids is 3. The number of hydrogen-bond donors (Lipinski definition) is 1. The zero-order valence-electron chi connectivity index (χ0n) is 11.6. The summed E-state index contributed by atoms with van der Waals surface area (Å²) in [6.07, 6.45) is 0.223. The van der Waals surface area contributed by atoms with Gasteiger partial charge in [0.25, 0.3) is 11.8 Å². The van der Waals surface area contributed by atoms with Crippen molar-refractivity contribution < 1.29 is 19.1 Å². The molecule has 1 aromatic rings. The van der Waals surface area contributed by atoms with E-state index in [4.69, 9.17) is 0 Å². The molecule has 1 heterocycles. The standard InChI is InChI=1S/C14H16N2O4/c1-8(6-12(17)20-3)15-9-4-5-10-11(7-9)14(19)16(2)13(10)18/h4-5,7-8,15H,6H2,1-3H3. The monoisotopic (exact) mass is 276 g/mol. The molecule has 1 aromatic carbocycles. The Bertz CT molecular complexity index is 583. The van der Waals surface area contributed by atoms with E-state index in [1.165, 1.54) is 14.2 Å². The first-order valence-electron chi connectivity index (χ1n) is 6.24. The number of methoxy groups -OCH3 is 1. The molecule has 0 fully saturated rings. The molecule has 0 radical (unpaired) electrons. The molecule has 0 saturated heterocycles. The van der Waals surface area contributed by atoms with E-state index < -0.39 is 0 Å². The molecule has 1 aliphatic rings. The van der Waals surface area contributed by atoms with Crippen molar-refractivity contribution >= 4 is 23.5 Å². The number of hydrogen-bond acceptors (Lipinski definition) is 5. The van der Waals surface area contributed by atoms with Crippen LogP contribution >= 0.6 is 0 Å². The highest BCUT2D eigenvalue weighted by molar-refractivity contribution is 6.21. The maximum absolute atomic E-state index is 11.9. The van der Waals surface area contributed by atoms with Crippen molar-refractivity contribution in [2.24, 2.45) is 0 Å². The van der Waals surface area contributed by atoms with Crippen molar-refractivity contribution in [1.29, 1.82) is 0 Å². The fourth-order valence-corrected chi connectivity index (χ4v) is 2.12. The van der Waals surface area contributed by atoms with Gasteiger partial charge in [0.2, 0.25) is 0 Å². The summed E-state index contributed by atoms with van der Waals surface area (Å²) in [7, 11) is 2.79. The predicted octanol–water partition coefficient (Wildman–Crippen LogP) is 1.28. The summed E-state index contributed by atoms with van der Waals surface area (Å²) in [5.41, 5.74) is 1.48. The molecule has 106 valence electrons. The van der Waals surface area contributed by atoms with Gasteiger partial charge in [-0.3, -0.25) is 19.3 Å². The number of esters is 1. The molecule has 0 aromatic heterocycles. The van der Waals surface area contributed by atoms with E-state index >= 15 is 0 Å². The Morgan fingerprint density at radius 2 is 1.95 bits per heavy atom. The number of nitrogens with zero attached hydrogens (tertiary/aromatic N) is 1. The minimum absolute atomic E-state index is 0.134. The van der Waals surface area contributed by atoms with Crippen molar-refractivity contribution in [2.75, 3.05) is 19.5 Å². The average molecular weight is 276 g/mol. The number of anilines is 1. The lowest BCUT2D eigenvalue weighted by molar-refractivity contribution is -0.140. The Morgan fingerprint density at radius 1 is 1.30 bits per heavy atom. The molecule has 0 bridgehead atoms. The van der Waals surface area contributed by atoms with Crippen molar-refractivity contribution in [3.8, 4) is 0 Å². The number of carbonyl (C=O) groups is 3. The summed E-state index contributed by atoms with van der Waals surface area (Å²) >= 11 is 0. The highest BCUT2D eigenvalue weighted by Crippen LogP contribution is 2.25. The van der Waals surface area contributed by atoms with Gasteiger partial charge in [-0.1, -0.05) is 0 Å². The number of nitrogens with one attached hydrogen (secondary N) is 1. The van der Waals surface area contributed by atoms with Crippen LogP contribution in [0.1, 0.15) is 34.1 Å². The zero-order valence-corrected chi connectivity index (χ0v) is 11.6. The molecular formula is C14H16N2O4. The smallest absolute Gasteiger partial charge is 0.307 e. The van der Waals surface area contributed by atoms with E-state index in [-0.39, 0.29) is 30.2 Å². The van der Waals surface area contributed by atoms with Gasteiger partial charge >= 0.3 is 5.97 Å². The van der Waals surface area contributed by atoms with Crippen LogP contribution in [-0.2, 0) is 9.53 Å². The Labute approximate surface area is 116 Å². The molecule has 1 aliphatic heterocycles. The van der Waals surface area contributed by atoms with E-state index in [0.29, 0.717) is 16.8 Å². The molecule has 6 heteroatoms. The van der Waals surface area contributed by atoms with Crippen LogP contribution in [0.25, 0.3) is 0 Å². The van der Waals surface area contributed by atoms with E-state index in [0.717, 1.165) is 4.90 Å². The first-order valence-corrected chi connectivity index (χ1v) is 6.24. The van der Waals surface area contributed by atoms with E-state index in [1.54, 1.807) is 18.2 Å². The van der Waals surface area contributed by atoms with E-state index in [2.05, 4.69) is 10.1 Å². The van der Waals surface area contributed by atoms with Crippen LogP contribution in [0, 0.1) is 0 Å². The highest BCUT2D eigenvalue weighted by Gasteiger charge is 2.32. The molecule has 0 saturated carbocycles. The number of amides is 2. The minimum Gasteiger partial charge on any atom is -0.469 e. The van der Waals surface area contributed by atoms with Crippen LogP contribution in [0.4, 0.5) is 5.69 Å². The summed E-state index contributed by atoms with van der Waals surface area (Å²) in [6, 6.07) is 4.83. The highest BCUT2D eigenvalue weighted by atomic mass is 16.5. The Balaban J connectivity index is 2.15. The predicted molar refractivity (Wildman–Crippen MR) is 72.6 cm³/mol. The van der Waals surface area contributed by atoms with Gasteiger partial charge in [0.15, 0.2) is 0 Å². The topological polar surface area (TPSA) is 75.7 Å².